The van der Waals surface area contributed by atoms with Crippen molar-refractivity contribution in [1.29, 1.82) is 0 Å². The summed E-state index contributed by atoms with van der Waals surface area (Å²) in [5, 5.41) is 0. The van der Waals surface area contributed by atoms with Crippen LogP contribution in [-0.2, 0) is 6.42 Å². The van der Waals surface area contributed by atoms with Gasteiger partial charge in [-0.05, 0) is 62.5 Å². The summed E-state index contributed by atoms with van der Waals surface area (Å²) in [6.07, 6.45) is 0.129. The fraction of sp³-hybridized carbons (Fsp3) is 0.167. The van der Waals surface area contributed by atoms with Crippen LogP contribution in [0.1, 0.15) is 16.5 Å². The summed E-state index contributed by atoms with van der Waals surface area (Å²) in [5.41, 5.74) is 5.98. The molecule has 1 aromatic heterocycles. The van der Waals surface area contributed by atoms with Crippen LogP contribution in [0.3, 0.4) is 0 Å². The van der Waals surface area contributed by atoms with E-state index in [1.807, 2.05) is 12.1 Å². The van der Waals surface area contributed by atoms with Gasteiger partial charge in [0.05, 0.1) is 8.26 Å². The summed E-state index contributed by atoms with van der Waals surface area (Å²) < 4.78 is 28.6. The van der Waals surface area contributed by atoms with Crippen LogP contribution in [0.15, 0.2) is 32.5 Å². The minimum absolute atomic E-state index is 0.0152. The molecule has 0 fully saturated rings. The minimum Gasteiger partial charge on any atom is -0.323 e. The van der Waals surface area contributed by atoms with Crippen LogP contribution in [0.4, 0.5) is 8.78 Å². The zero-order valence-electron chi connectivity index (χ0n) is 9.09. The first-order valence-corrected chi connectivity index (χ1v) is 7.52. The first-order valence-electron chi connectivity index (χ1n) is 5.12. The summed E-state index contributed by atoms with van der Waals surface area (Å²) in [5.74, 6) is -1.15. The van der Waals surface area contributed by atoms with E-state index in [9.17, 15) is 8.78 Å². The lowest BCUT2D eigenvalue weighted by molar-refractivity contribution is 0.537. The largest absolute Gasteiger partial charge is 0.323 e. The van der Waals surface area contributed by atoms with Crippen molar-refractivity contribution in [2.75, 3.05) is 0 Å². The van der Waals surface area contributed by atoms with Gasteiger partial charge in [0.2, 0.25) is 0 Å². The van der Waals surface area contributed by atoms with Gasteiger partial charge in [0.25, 0.3) is 0 Å². The van der Waals surface area contributed by atoms with Crippen molar-refractivity contribution in [3.05, 3.63) is 54.6 Å². The number of hydrogen-bond acceptors (Lipinski definition) is 2. The Morgan fingerprint density at radius 1 is 1.17 bits per heavy atom. The smallest absolute Gasteiger partial charge is 0.143 e. The van der Waals surface area contributed by atoms with E-state index in [1.165, 1.54) is 23.5 Å². The number of benzene rings is 1. The number of nitrogens with two attached hydrogens (primary N) is 1. The molecule has 0 aliphatic carbocycles. The summed E-state index contributed by atoms with van der Waals surface area (Å²) in [7, 11) is 0. The van der Waals surface area contributed by atoms with Gasteiger partial charge in [0.1, 0.15) is 11.6 Å². The van der Waals surface area contributed by atoms with Crippen molar-refractivity contribution in [2.45, 2.75) is 12.5 Å². The summed E-state index contributed by atoms with van der Waals surface area (Å²) in [6.45, 7) is 0. The topological polar surface area (TPSA) is 26.0 Å². The van der Waals surface area contributed by atoms with Crippen LogP contribution in [-0.4, -0.2) is 0 Å². The van der Waals surface area contributed by atoms with Gasteiger partial charge < -0.3 is 5.73 Å². The third kappa shape index (κ3) is 2.99. The Morgan fingerprint density at radius 3 is 2.50 bits per heavy atom. The van der Waals surface area contributed by atoms with Gasteiger partial charge in [0, 0.05) is 16.5 Å². The van der Waals surface area contributed by atoms with Crippen molar-refractivity contribution in [1.82, 2.24) is 0 Å². The van der Waals surface area contributed by atoms with Crippen molar-refractivity contribution in [3.8, 4) is 0 Å². The predicted octanol–water partition coefficient (Wildman–Crippen LogP) is 4.79. The van der Waals surface area contributed by atoms with E-state index >= 15 is 0 Å². The number of halogens is 4. The molecule has 1 aromatic carbocycles. The van der Waals surface area contributed by atoms with Crippen molar-refractivity contribution in [2.24, 2.45) is 5.73 Å². The molecule has 18 heavy (non-hydrogen) atoms. The molecule has 96 valence electrons. The third-order valence-electron chi connectivity index (χ3n) is 2.52. The Hall–Kier alpha value is -0.300. The van der Waals surface area contributed by atoms with Gasteiger partial charge >= 0.3 is 0 Å². The summed E-state index contributed by atoms with van der Waals surface area (Å²) >= 11 is 7.84. The zero-order chi connectivity index (χ0) is 13.3. The Balaban J connectivity index is 2.27. The Kier molecular flexibility index (Phi) is 4.53. The van der Waals surface area contributed by atoms with Crippen molar-refractivity contribution < 1.29 is 8.78 Å². The molecule has 0 bridgehead atoms. The molecule has 6 heteroatoms. The molecule has 0 aliphatic heterocycles. The highest BCUT2D eigenvalue weighted by Crippen LogP contribution is 2.30. The van der Waals surface area contributed by atoms with E-state index < -0.39 is 17.7 Å². The molecule has 1 unspecified atom stereocenters. The van der Waals surface area contributed by atoms with E-state index in [-0.39, 0.29) is 16.5 Å². The highest BCUT2D eigenvalue weighted by molar-refractivity contribution is 9.11. The molecule has 1 heterocycles. The molecule has 0 spiro atoms. The Bertz CT molecular complexity index is 571. The van der Waals surface area contributed by atoms with Gasteiger partial charge in [-0.15, -0.1) is 11.3 Å². The first-order chi connectivity index (χ1) is 8.49. The fourth-order valence-corrected chi connectivity index (χ4v) is 3.40. The average molecular weight is 397 g/mol. The molecule has 2 rings (SSSR count). The molecule has 2 N–H and O–H groups in total. The van der Waals surface area contributed by atoms with Crippen LogP contribution >= 0.6 is 43.2 Å². The molecule has 0 saturated heterocycles. The zero-order valence-corrected chi connectivity index (χ0v) is 13.1. The van der Waals surface area contributed by atoms with Gasteiger partial charge in [-0.2, -0.15) is 0 Å². The van der Waals surface area contributed by atoms with Crippen LogP contribution in [0.2, 0.25) is 0 Å². The molecular formula is C12H9Br2F2NS. The van der Waals surface area contributed by atoms with Crippen molar-refractivity contribution in [3.63, 3.8) is 0 Å². The summed E-state index contributed by atoms with van der Waals surface area (Å²) in [6, 6.07) is 5.89. The van der Waals surface area contributed by atoms with Crippen LogP contribution in [0, 0.1) is 11.6 Å². The monoisotopic (exact) mass is 395 g/mol. The van der Waals surface area contributed by atoms with E-state index in [0.29, 0.717) is 0 Å². The van der Waals surface area contributed by atoms with Crippen LogP contribution in [0.5, 0.6) is 0 Å². The minimum atomic E-state index is -0.582. The van der Waals surface area contributed by atoms with Crippen LogP contribution < -0.4 is 5.73 Å². The molecule has 0 amide bonds. The van der Waals surface area contributed by atoms with Gasteiger partial charge in [-0.25, -0.2) is 8.78 Å². The predicted molar refractivity (Wildman–Crippen MR) is 76.7 cm³/mol. The maximum Gasteiger partial charge on any atom is 0.143 e. The van der Waals surface area contributed by atoms with E-state index in [4.69, 9.17) is 5.73 Å². The Morgan fingerprint density at radius 2 is 1.89 bits per heavy atom. The number of hydrogen-bond donors (Lipinski definition) is 1. The second-order valence-corrected chi connectivity index (χ2v) is 7.12. The van der Waals surface area contributed by atoms with E-state index in [0.717, 1.165) is 8.66 Å². The molecule has 2 aromatic rings. The van der Waals surface area contributed by atoms with Gasteiger partial charge in [-0.1, -0.05) is 0 Å². The molecule has 1 atom stereocenters. The summed E-state index contributed by atoms with van der Waals surface area (Å²) in [4.78, 5) is 0.889. The maximum absolute atomic E-state index is 13.8. The van der Waals surface area contributed by atoms with Crippen molar-refractivity contribution >= 4 is 43.2 Å². The maximum atomic E-state index is 13.8. The van der Waals surface area contributed by atoms with E-state index in [1.54, 1.807) is 0 Å². The Labute approximate surface area is 124 Å². The third-order valence-corrected chi connectivity index (χ3v) is 4.89. The lowest BCUT2D eigenvalue weighted by Crippen LogP contribution is -2.14. The average Bonchev–Trinajstić information content (AvgIpc) is 2.76. The van der Waals surface area contributed by atoms with Crippen LogP contribution in [0.25, 0.3) is 0 Å². The standard InChI is InChI=1S/C12H9Br2F2NS/c13-7-1-2-8(15)6(12(7)16)5-9(17)10-3-4-11(14)18-10/h1-4,9H,5,17H2. The first kappa shape index (κ1) is 14.1. The number of thiophene rings is 1. The normalized spacial score (nSPS) is 12.7. The highest BCUT2D eigenvalue weighted by Gasteiger charge is 2.17. The van der Waals surface area contributed by atoms with E-state index in [2.05, 4.69) is 31.9 Å². The molecule has 0 aliphatic rings. The molecular weight excluding hydrogens is 388 g/mol. The second kappa shape index (κ2) is 5.77. The quantitative estimate of drug-likeness (QED) is 0.741. The SMILES string of the molecule is NC(Cc1c(F)ccc(Br)c1F)c1ccc(Br)s1. The second-order valence-electron chi connectivity index (χ2n) is 3.77. The molecule has 0 saturated carbocycles. The molecule has 1 nitrogen and oxygen atoms in total. The lowest BCUT2D eigenvalue weighted by atomic mass is 10.0. The van der Waals surface area contributed by atoms with Gasteiger partial charge in [0.15, 0.2) is 0 Å². The fourth-order valence-electron chi connectivity index (χ4n) is 1.60. The lowest BCUT2D eigenvalue weighted by Gasteiger charge is -2.12. The highest BCUT2D eigenvalue weighted by atomic mass is 79.9. The molecule has 0 radical (unpaired) electrons. The number of rotatable bonds is 3. The van der Waals surface area contributed by atoms with Gasteiger partial charge in [-0.3, -0.25) is 0 Å².